The van der Waals surface area contributed by atoms with Gasteiger partial charge >= 0.3 is 0 Å². The largest absolute Gasteiger partial charge is 0.456 e. The lowest BCUT2D eigenvalue weighted by Gasteiger charge is -2.27. The third kappa shape index (κ3) is 5.12. The molecule has 0 radical (unpaired) electrons. The van der Waals surface area contributed by atoms with Gasteiger partial charge in [0.15, 0.2) is 17.5 Å². The molecule has 252 valence electrons. The highest BCUT2D eigenvalue weighted by atomic mass is 16.3. The van der Waals surface area contributed by atoms with Gasteiger partial charge in [-0.1, -0.05) is 135 Å². The first-order chi connectivity index (χ1) is 26.0. The van der Waals surface area contributed by atoms with Crippen LogP contribution in [-0.4, -0.2) is 15.0 Å². The standard InChI is InChI=1S/C48H34N4O/c1-48(2)40-23-13-12-21-36(40)39-29-34(26-28-41(39)48)52(33-19-10-5-11-20-33)35-25-27-37-43(30-35)53-42-24-14-22-38(44(37)42)47-50-45(31-15-6-3-7-16-31)49-46(51-47)32-17-8-4-9-18-32/h3-30H,1-2H3. The number of hydrogen-bond donors (Lipinski definition) is 0. The van der Waals surface area contributed by atoms with Crippen molar-refractivity contribution in [2.45, 2.75) is 19.3 Å². The maximum atomic E-state index is 6.66. The van der Waals surface area contributed by atoms with E-state index in [9.17, 15) is 0 Å². The van der Waals surface area contributed by atoms with E-state index >= 15 is 0 Å². The summed E-state index contributed by atoms with van der Waals surface area (Å²) in [5.74, 6) is 1.85. The molecule has 0 bridgehead atoms. The number of benzene rings is 7. The van der Waals surface area contributed by atoms with Crippen molar-refractivity contribution >= 4 is 39.0 Å². The second-order valence-corrected chi connectivity index (χ2v) is 14.1. The highest BCUT2D eigenvalue weighted by Gasteiger charge is 2.35. The van der Waals surface area contributed by atoms with Gasteiger partial charge in [0.05, 0.1) is 0 Å². The van der Waals surface area contributed by atoms with Crippen molar-refractivity contribution in [1.82, 2.24) is 15.0 Å². The van der Waals surface area contributed by atoms with Crippen molar-refractivity contribution in [3.8, 4) is 45.3 Å². The molecule has 0 saturated heterocycles. The number of para-hydroxylation sites is 1. The van der Waals surface area contributed by atoms with E-state index in [1.807, 2.05) is 72.8 Å². The maximum absolute atomic E-state index is 6.66. The Labute approximate surface area is 307 Å². The highest BCUT2D eigenvalue weighted by Crippen LogP contribution is 2.51. The quantitative estimate of drug-likeness (QED) is 0.175. The molecule has 1 aliphatic rings. The van der Waals surface area contributed by atoms with Crippen LogP contribution in [0.25, 0.3) is 67.2 Å². The molecular weight excluding hydrogens is 649 g/mol. The minimum atomic E-state index is -0.0603. The van der Waals surface area contributed by atoms with Gasteiger partial charge in [0.1, 0.15) is 11.2 Å². The van der Waals surface area contributed by atoms with E-state index in [-0.39, 0.29) is 5.41 Å². The van der Waals surface area contributed by atoms with E-state index in [0.717, 1.165) is 55.7 Å². The van der Waals surface area contributed by atoms with Crippen LogP contribution >= 0.6 is 0 Å². The summed E-state index contributed by atoms with van der Waals surface area (Å²) in [5.41, 5.74) is 12.7. The summed E-state index contributed by atoms with van der Waals surface area (Å²) in [6.07, 6.45) is 0. The predicted octanol–water partition coefficient (Wildman–Crippen LogP) is 12.5. The van der Waals surface area contributed by atoms with E-state index < -0.39 is 0 Å². The molecule has 5 nitrogen and oxygen atoms in total. The summed E-state index contributed by atoms with van der Waals surface area (Å²) < 4.78 is 6.66. The zero-order valence-corrected chi connectivity index (χ0v) is 29.4. The molecule has 0 saturated carbocycles. The first-order valence-electron chi connectivity index (χ1n) is 18.0. The van der Waals surface area contributed by atoms with Crippen molar-refractivity contribution in [1.29, 1.82) is 0 Å². The summed E-state index contributed by atoms with van der Waals surface area (Å²) in [6, 6.07) is 58.9. The molecule has 0 amide bonds. The van der Waals surface area contributed by atoms with Gasteiger partial charge in [0, 0.05) is 56.0 Å². The Morgan fingerprint density at radius 3 is 1.72 bits per heavy atom. The van der Waals surface area contributed by atoms with E-state index in [2.05, 4.69) is 116 Å². The molecule has 9 aromatic rings. The molecule has 5 heteroatoms. The number of nitrogens with zero attached hydrogens (tertiary/aromatic N) is 4. The molecule has 2 heterocycles. The van der Waals surface area contributed by atoms with Crippen LogP contribution in [0.5, 0.6) is 0 Å². The third-order valence-corrected chi connectivity index (χ3v) is 10.5. The van der Waals surface area contributed by atoms with Crippen LogP contribution in [-0.2, 0) is 5.41 Å². The van der Waals surface area contributed by atoms with Crippen LogP contribution in [0.4, 0.5) is 17.1 Å². The first-order valence-corrected chi connectivity index (χ1v) is 18.0. The second kappa shape index (κ2) is 12.1. The van der Waals surface area contributed by atoms with Gasteiger partial charge in [-0.25, -0.2) is 15.0 Å². The Bertz CT molecular complexity index is 2750. The van der Waals surface area contributed by atoms with Crippen LogP contribution in [0.15, 0.2) is 174 Å². The fourth-order valence-electron chi connectivity index (χ4n) is 7.94. The van der Waals surface area contributed by atoms with E-state index in [0.29, 0.717) is 17.5 Å². The number of anilines is 3. The lowest BCUT2D eigenvalue weighted by molar-refractivity contribution is 0.660. The Morgan fingerprint density at radius 2 is 1.00 bits per heavy atom. The van der Waals surface area contributed by atoms with Gasteiger partial charge in [-0.15, -0.1) is 0 Å². The molecule has 10 rings (SSSR count). The molecule has 53 heavy (non-hydrogen) atoms. The van der Waals surface area contributed by atoms with Gasteiger partial charge in [0.2, 0.25) is 0 Å². The molecule has 2 aromatic heterocycles. The van der Waals surface area contributed by atoms with Crippen LogP contribution in [0, 0.1) is 0 Å². The zero-order chi connectivity index (χ0) is 35.5. The number of fused-ring (bicyclic) bond motifs is 6. The molecule has 0 spiro atoms. The summed E-state index contributed by atoms with van der Waals surface area (Å²) in [7, 11) is 0. The maximum Gasteiger partial charge on any atom is 0.164 e. The predicted molar refractivity (Wildman–Crippen MR) is 216 cm³/mol. The molecule has 0 atom stereocenters. The number of furan rings is 1. The van der Waals surface area contributed by atoms with E-state index in [1.165, 1.54) is 22.3 Å². The summed E-state index contributed by atoms with van der Waals surface area (Å²) in [4.78, 5) is 17.3. The summed E-state index contributed by atoms with van der Waals surface area (Å²) in [6.45, 7) is 4.63. The monoisotopic (exact) mass is 682 g/mol. The van der Waals surface area contributed by atoms with Crippen molar-refractivity contribution in [2.24, 2.45) is 0 Å². The minimum absolute atomic E-state index is 0.0603. The van der Waals surface area contributed by atoms with Gasteiger partial charge in [-0.05, 0) is 64.7 Å². The van der Waals surface area contributed by atoms with Crippen molar-refractivity contribution in [3.05, 3.63) is 181 Å². The second-order valence-electron chi connectivity index (χ2n) is 14.1. The first kappa shape index (κ1) is 30.9. The third-order valence-electron chi connectivity index (χ3n) is 10.5. The Kier molecular flexibility index (Phi) is 7.08. The Morgan fingerprint density at radius 1 is 0.434 bits per heavy atom. The fraction of sp³-hybridized carbons (Fsp3) is 0.0625. The molecule has 0 aliphatic heterocycles. The minimum Gasteiger partial charge on any atom is -0.456 e. The number of hydrogen-bond acceptors (Lipinski definition) is 5. The van der Waals surface area contributed by atoms with Crippen molar-refractivity contribution in [3.63, 3.8) is 0 Å². The lowest BCUT2D eigenvalue weighted by Crippen LogP contribution is -2.15. The molecule has 1 aliphatic carbocycles. The van der Waals surface area contributed by atoms with Gasteiger partial charge < -0.3 is 9.32 Å². The molecular formula is C48H34N4O. The topological polar surface area (TPSA) is 55.1 Å². The molecule has 0 fully saturated rings. The average molecular weight is 683 g/mol. The Hall–Kier alpha value is -6.85. The van der Waals surface area contributed by atoms with Crippen molar-refractivity contribution < 1.29 is 4.42 Å². The fourth-order valence-corrected chi connectivity index (χ4v) is 7.94. The average Bonchev–Trinajstić information content (AvgIpc) is 3.70. The number of aromatic nitrogens is 3. The molecule has 0 unspecified atom stereocenters. The van der Waals surface area contributed by atoms with Crippen LogP contribution in [0.3, 0.4) is 0 Å². The van der Waals surface area contributed by atoms with Gasteiger partial charge in [-0.3, -0.25) is 0 Å². The lowest BCUT2D eigenvalue weighted by atomic mass is 9.82. The number of rotatable bonds is 6. The molecule has 7 aromatic carbocycles. The highest BCUT2D eigenvalue weighted by molar-refractivity contribution is 6.12. The summed E-state index contributed by atoms with van der Waals surface area (Å²) in [5, 5.41) is 1.97. The van der Waals surface area contributed by atoms with Gasteiger partial charge in [-0.2, -0.15) is 0 Å². The smallest absolute Gasteiger partial charge is 0.164 e. The Balaban J connectivity index is 1.13. The van der Waals surface area contributed by atoms with E-state index in [4.69, 9.17) is 19.4 Å². The molecule has 0 N–H and O–H groups in total. The SMILES string of the molecule is CC1(C)c2ccccc2-c2cc(N(c3ccccc3)c3ccc4c(c3)oc3cccc(-c5nc(-c6ccccc6)nc(-c6ccccc6)n5)c34)ccc21. The van der Waals surface area contributed by atoms with Gasteiger partial charge in [0.25, 0.3) is 0 Å². The van der Waals surface area contributed by atoms with Crippen molar-refractivity contribution in [2.75, 3.05) is 4.90 Å². The van der Waals surface area contributed by atoms with Crippen LogP contribution in [0.2, 0.25) is 0 Å². The van der Waals surface area contributed by atoms with Crippen LogP contribution in [0.1, 0.15) is 25.0 Å². The zero-order valence-electron chi connectivity index (χ0n) is 29.4. The summed E-state index contributed by atoms with van der Waals surface area (Å²) >= 11 is 0. The van der Waals surface area contributed by atoms with E-state index in [1.54, 1.807) is 0 Å². The normalized spacial score (nSPS) is 12.9. The van der Waals surface area contributed by atoms with Crippen LogP contribution < -0.4 is 4.90 Å².